The van der Waals surface area contributed by atoms with Gasteiger partial charge in [-0.2, -0.15) is 0 Å². The van der Waals surface area contributed by atoms with E-state index >= 15 is 0 Å². The van der Waals surface area contributed by atoms with Crippen LogP contribution in [0, 0.1) is 0 Å². The standard InChI is InChI=1S/C18H23N5O3/c1-12(2)23(13(3)24)10-14-5-7-15(8-6-14)21-18(25)22-17-16(26-4)9-19-11-20-17/h5-9,11-12H,10H2,1-4H3,(H2,19,20,21,22,25). The van der Waals surface area contributed by atoms with Gasteiger partial charge in [-0.3, -0.25) is 10.1 Å². The van der Waals surface area contributed by atoms with Crippen molar-refractivity contribution in [3.63, 3.8) is 0 Å². The Balaban J connectivity index is 1.98. The summed E-state index contributed by atoms with van der Waals surface area (Å²) < 4.78 is 5.09. The first-order chi connectivity index (χ1) is 12.4. The minimum absolute atomic E-state index is 0.0281. The number of anilines is 2. The van der Waals surface area contributed by atoms with Gasteiger partial charge in [-0.1, -0.05) is 12.1 Å². The summed E-state index contributed by atoms with van der Waals surface area (Å²) in [6, 6.07) is 7.00. The summed E-state index contributed by atoms with van der Waals surface area (Å²) in [6.45, 7) is 6.03. The fourth-order valence-corrected chi connectivity index (χ4v) is 2.38. The third-order valence-electron chi connectivity index (χ3n) is 3.72. The average molecular weight is 357 g/mol. The van der Waals surface area contributed by atoms with Crippen molar-refractivity contribution in [2.24, 2.45) is 0 Å². The van der Waals surface area contributed by atoms with Gasteiger partial charge in [-0.15, -0.1) is 0 Å². The van der Waals surface area contributed by atoms with Gasteiger partial charge < -0.3 is 15.0 Å². The Bertz CT molecular complexity index is 762. The van der Waals surface area contributed by atoms with Crippen molar-refractivity contribution >= 4 is 23.4 Å². The number of hydrogen-bond donors (Lipinski definition) is 2. The summed E-state index contributed by atoms with van der Waals surface area (Å²) in [5, 5.41) is 5.33. The minimum Gasteiger partial charge on any atom is -0.491 e. The molecule has 0 aliphatic carbocycles. The Kier molecular flexibility index (Phi) is 6.48. The van der Waals surface area contributed by atoms with Crippen LogP contribution in [0.15, 0.2) is 36.8 Å². The molecule has 2 rings (SSSR count). The van der Waals surface area contributed by atoms with Crippen LogP contribution in [0.3, 0.4) is 0 Å². The summed E-state index contributed by atoms with van der Waals surface area (Å²) in [7, 11) is 1.47. The maximum Gasteiger partial charge on any atom is 0.324 e. The second-order valence-corrected chi connectivity index (χ2v) is 5.96. The van der Waals surface area contributed by atoms with E-state index in [4.69, 9.17) is 4.74 Å². The van der Waals surface area contributed by atoms with Crippen molar-refractivity contribution < 1.29 is 14.3 Å². The first-order valence-corrected chi connectivity index (χ1v) is 8.19. The van der Waals surface area contributed by atoms with Crippen LogP contribution in [0.25, 0.3) is 0 Å². The molecule has 1 heterocycles. The molecule has 138 valence electrons. The molecule has 0 aliphatic rings. The smallest absolute Gasteiger partial charge is 0.324 e. The zero-order valence-corrected chi connectivity index (χ0v) is 15.3. The van der Waals surface area contributed by atoms with Crippen molar-refractivity contribution in [1.82, 2.24) is 14.9 Å². The number of hydrogen-bond acceptors (Lipinski definition) is 5. The zero-order valence-electron chi connectivity index (χ0n) is 15.3. The molecule has 0 spiro atoms. The molecule has 1 aromatic carbocycles. The molecule has 0 bridgehead atoms. The third-order valence-corrected chi connectivity index (χ3v) is 3.72. The van der Waals surface area contributed by atoms with Crippen LogP contribution in [0.5, 0.6) is 5.75 Å². The van der Waals surface area contributed by atoms with Crippen LogP contribution in [0.1, 0.15) is 26.3 Å². The Morgan fingerprint density at radius 3 is 2.46 bits per heavy atom. The van der Waals surface area contributed by atoms with Gasteiger partial charge >= 0.3 is 6.03 Å². The molecule has 0 unspecified atom stereocenters. The summed E-state index contributed by atoms with van der Waals surface area (Å²) in [6.07, 6.45) is 2.79. The predicted molar refractivity (Wildman–Crippen MR) is 99.0 cm³/mol. The molecule has 0 saturated heterocycles. The van der Waals surface area contributed by atoms with Gasteiger partial charge in [0.2, 0.25) is 5.91 Å². The number of nitrogens with zero attached hydrogens (tertiary/aromatic N) is 3. The van der Waals surface area contributed by atoms with E-state index in [1.165, 1.54) is 19.6 Å². The highest BCUT2D eigenvalue weighted by Gasteiger charge is 2.13. The van der Waals surface area contributed by atoms with E-state index in [1.807, 2.05) is 26.0 Å². The van der Waals surface area contributed by atoms with Crippen molar-refractivity contribution in [1.29, 1.82) is 0 Å². The molecule has 2 aromatic rings. The summed E-state index contributed by atoms with van der Waals surface area (Å²) >= 11 is 0. The molecule has 26 heavy (non-hydrogen) atoms. The van der Waals surface area contributed by atoms with Crippen LogP contribution in [-0.4, -0.2) is 40.0 Å². The Morgan fingerprint density at radius 1 is 1.19 bits per heavy atom. The van der Waals surface area contributed by atoms with E-state index < -0.39 is 6.03 Å². The molecule has 2 N–H and O–H groups in total. The molecule has 0 radical (unpaired) electrons. The lowest BCUT2D eigenvalue weighted by Crippen LogP contribution is -2.34. The number of nitrogens with one attached hydrogen (secondary N) is 2. The van der Waals surface area contributed by atoms with Gasteiger partial charge in [0.25, 0.3) is 0 Å². The SMILES string of the molecule is COc1cncnc1NC(=O)Nc1ccc(CN(C(C)=O)C(C)C)cc1. The van der Waals surface area contributed by atoms with Gasteiger partial charge in [0.05, 0.1) is 13.3 Å². The van der Waals surface area contributed by atoms with E-state index in [-0.39, 0.29) is 17.8 Å². The number of methoxy groups -OCH3 is 1. The molecule has 1 aromatic heterocycles. The monoisotopic (exact) mass is 357 g/mol. The van der Waals surface area contributed by atoms with Crippen LogP contribution in [0.4, 0.5) is 16.3 Å². The predicted octanol–water partition coefficient (Wildman–Crippen LogP) is 2.89. The summed E-state index contributed by atoms with van der Waals surface area (Å²) in [5.41, 5.74) is 1.61. The second-order valence-electron chi connectivity index (χ2n) is 5.96. The molecule has 0 aliphatic heterocycles. The number of urea groups is 1. The number of rotatable bonds is 6. The Labute approximate surface area is 152 Å². The van der Waals surface area contributed by atoms with Crippen LogP contribution < -0.4 is 15.4 Å². The largest absolute Gasteiger partial charge is 0.491 e. The van der Waals surface area contributed by atoms with E-state index in [9.17, 15) is 9.59 Å². The molecule has 8 nitrogen and oxygen atoms in total. The van der Waals surface area contributed by atoms with Crippen molar-refractivity contribution in [3.05, 3.63) is 42.4 Å². The third kappa shape index (κ3) is 5.17. The first-order valence-electron chi connectivity index (χ1n) is 8.19. The minimum atomic E-state index is -0.442. The van der Waals surface area contributed by atoms with Crippen LogP contribution in [0.2, 0.25) is 0 Å². The van der Waals surface area contributed by atoms with Gasteiger partial charge in [0.1, 0.15) is 6.33 Å². The highest BCUT2D eigenvalue weighted by atomic mass is 16.5. The van der Waals surface area contributed by atoms with Gasteiger partial charge in [-0.25, -0.2) is 14.8 Å². The van der Waals surface area contributed by atoms with Crippen LogP contribution in [-0.2, 0) is 11.3 Å². The normalized spacial score (nSPS) is 10.3. The number of benzene rings is 1. The topological polar surface area (TPSA) is 96.5 Å². The lowest BCUT2D eigenvalue weighted by atomic mass is 10.1. The molecular weight excluding hydrogens is 334 g/mol. The van der Waals surface area contributed by atoms with Crippen molar-refractivity contribution in [2.45, 2.75) is 33.4 Å². The van der Waals surface area contributed by atoms with Crippen molar-refractivity contribution in [3.8, 4) is 5.75 Å². The van der Waals surface area contributed by atoms with E-state index in [0.717, 1.165) is 5.56 Å². The highest BCUT2D eigenvalue weighted by molar-refractivity contribution is 5.99. The van der Waals surface area contributed by atoms with E-state index in [1.54, 1.807) is 24.0 Å². The fraction of sp³-hybridized carbons (Fsp3) is 0.333. The maximum atomic E-state index is 12.1. The molecule has 8 heteroatoms. The van der Waals surface area contributed by atoms with Crippen LogP contribution >= 0.6 is 0 Å². The first kappa shape index (κ1) is 19.2. The van der Waals surface area contributed by atoms with Gasteiger partial charge in [0.15, 0.2) is 11.6 Å². The highest BCUT2D eigenvalue weighted by Crippen LogP contribution is 2.19. The van der Waals surface area contributed by atoms with E-state index in [2.05, 4.69) is 20.6 Å². The number of ether oxygens (including phenoxy) is 1. The lowest BCUT2D eigenvalue weighted by Gasteiger charge is -2.25. The Morgan fingerprint density at radius 2 is 1.88 bits per heavy atom. The van der Waals surface area contributed by atoms with E-state index in [0.29, 0.717) is 18.0 Å². The molecule has 0 fully saturated rings. The average Bonchev–Trinajstić information content (AvgIpc) is 2.60. The van der Waals surface area contributed by atoms with Gasteiger partial charge in [-0.05, 0) is 31.5 Å². The maximum absolute atomic E-state index is 12.1. The Hall–Kier alpha value is -3.16. The molecule has 3 amide bonds. The number of carbonyl (C=O) groups excluding carboxylic acids is 2. The summed E-state index contributed by atoms with van der Waals surface area (Å²) in [5.74, 6) is 0.682. The molecular formula is C18H23N5O3. The second kappa shape index (κ2) is 8.80. The quantitative estimate of drug-likeness (QED) is 0.829. The van der Waals surface area contributed by atoms with Crippen molar-refractivity contribution in [2.75, 3.05) is 17.7 Å². The summed E-state index contributed by atoms with van der Waals surface area (Å²) in [4.78, 5) is 33.3. The number of amides is 3. The fourth-order valence-electron chi connectivity index (χ4n) is 2.38. The van der Waals surface area contributed by atoms with Gasteiger partial charge in [0, 0.05) is 25.2 Å². The lowest BCUT2D eigenvalue weighted by molar-refractivity contribution is -0.131. The zero-order chi connectivity index (χ0) is 19.1. The number of aromatic nitrogens is 2. The molecule has 0 atom stereocenters. The number of carbonyl (C=O) groups is 2. The molecule has 0 saturated carbocycles.